The average Bonchev–Trinajstić information content (AvgIpc) is 3.61. The van der Waals surface area contributed by atoms with E-state index in [9.17, 15) is 14.7 Å². The van der Waals surface area contributed by atoms with Gasteiger partial charge in [0.25, 0.3) is 0 Å². The Hall–Kier alpha value is -2.29. The molecule has 5 aliphatic rings. The van der Waals surface area contributed by atoms with E-state index in [0.29, 0.717) is 5.76 Å². The fourth-order valence-corrected chi connectivity index (χ4v) is 9.10. The molecular formula is C29H30F2O7S. The minimum Gasteiger partial charge on any atom is -0.464 e. The number of halogens is 2. The molecule has 10 atom stereocenters. The van der Waals surface area contributed by atoms with E-state index in [4.69, 9.17) is 19.0 Å². The van der Waals surface area contributed by atoms with Crippen molar-refractivity contribution in [3.8, 4) is 11.8 Å². The zero-order valence-corrected chi connectivity index (χ0v) is 22.4. The molecule has 0 amide bonds. The van der Waals surface area contributed by atoms with Crippen molar-refractivity contribution in [2.24, 2.45) is 22.7 Å². The first-order chi connectivity index (χ1) is 18.5. The summed E-state index contributed by atoms with van der Waals surface area (Å²) in [5.74, 6) is 3.77. The summed E-state index contributed by atoms with van der Waals surface area (Å²) in [7, 11) is 0. The third-order valence-electron chi connectivity index (χ3n) is 9.93. The average molecular weight is 561 g/mol. The molecule has 10 heteroatoms. The summed E-state index contributed by atoms with van der Waals surface area (Å²) in [6.45, 7) is 3.00. The van der Waals surface area contributed by atoms with Crippen molar-refractivity contribution < 1.29 is 42.5 Å². The number of rotatable bonds is 3. The summed E-state index contributed by atoms with van der Waals surface area (Å²) >= 11 is 0.916. The van der Waals surface area contributed by atoms with Crippen LogP contribution in [0.4, 0.5) is 8.78 Å². The Morgan fingerprint density at radius 3 is 2.77 bits per heavy atom. The number of thioether (sulfide) groups is 1. The molecule has 4 fully saturated rings. The van der Waals surface area contributed by atoms with Crippen LogP contribution in [0.3, 0.4) is 0 Å². The summed E-state index contributed by atoms with van der Waals surface area (Å²) in [5, 5.41) is 20.2. The van der Waals surface area contributed by atoms with Gasteiger partial charge >= 0.3 is 0 Å². The number of aliphatic hydroxyl groups is 2. The highest BCUT2D eigenvalue weighted by molar-refractivity contribution is 8.14. The van der Waals surface area contributed by atoms with Crippen molar-refractivity contribution in [3.05, 3.63) is 48.0 Å². The van der Waals surface area contributed by atoms with Crippen LogP contribution < -0.4 is 0 Å². The van der Waals surface area contributed by atoms with E-state index < -0.39 is 64.4 Å². The highest BCUT2D eigenvalue weighted by atomic mass is 32.2. The van der Waals surface area contributed by atoms with E-state index in [0.717, 1.165) is 17.8 Å². The molecule has 1 unspecified atom stereocenters. The Morgan fingerprint density at radius 1 is 1.26 bits per heavy atom. The van der Waals surface area contributed by atoms with Crippen molar-refractivity contribution >= 4 is 22.7 Å². The lowest BCUT2D eigenvalue weighted by molar-refractivity contribution is -0.233. The number of carbonyl (C=O) groups excluding carboxylic acids is 2. The number of hydrogen-bond acceptors (Lipinski definition) is 8. The molecule has 7 nitrogen and oxygen atoms in total. The first kappa shape index (κ1) is 26.9. The summed E-state index contributed by atoms with van der Waals surface area (Å²) in [6.07, 6.45) is 0.164. The maximum Gasteiger partial charge on any atom is 0.225 e. The lowest BCUT2D eigenvalue weighted by atomic mass is 9.44. The molecule has 0 bridgehead atoms. The fraction of sp³-hybridized carbons (Fsp3) is 0.586. The van der Waals surface area contributed by atoms with E-state index >= 15 is 8.78 Å². The molecule has 1 saturated heterocycles. The second-order valence-electron chi connectivity index (χ2n) is 11.5. The normalized spacial score (nSPS) is 45.9. The number of alkyl halides is 2. The predicted octanol–water partition coefficient (Wildman–Crippen LogP) is 3.62. The molecule has 1 aromatic rings. The maximum atomic E-state index is 17.5. The number of hydrogen-bond donors (Lipinski definition) is 2. The number of fused-ring (bicyclic) bond motifs is 7. The van der Waals surface area contributed by atoms with E-state index in [1.54, 1.807) is 26.0 Å². The van der Waals surface area contributed by atoms with Gasteiger partial charge in [-0.3, -0.25) is 9.59 Å². The molecule has 0 spiro atoms. The van der Waals surface area contributed by atoms with Crippen molar-refractivity contribution in [1.82, 2.24) is 0 Å². The minimum absolute atomic E-state index is 0.0452. The van der Waals surface area contributed by atoms with Crippen LogP contribution in [-0.4, -0.2) is 63.1 Å². The predicted molar refractivity (Wildman–Crippen MR) is 136 cm³/mol. The Morgan fingerprint density at radius 2 is 2.05 bits per heavy atom. The highest BCUT2D eigenvalue weighted by Gasteiger charge is 2.80. The number of furan rings is 1. The van der Waals surface area contributed by atoms with E-state index in [1.807, 2.05) is 0 Å². The smallest absolute Gasteiger partial charge is 0.225 e. The van der Waals surface area contributed by atoms with Gasteiger partial charge in [0, 0.05) is 16.7 Å². The van der Waals surface area contributed by atoms with Crippen LogP contribution in [0.2, 0.25) is 0 Å². The zero-order chi connectivity index (χ0) is 27.8. The van der Waals surface area contributed by atoms with Crippen LogP contribution in [-0.2, 0) is 19.1 Å². The minimum atomic E-state index is -2.27. The summed E-state index contributed by atoms with van der Waals surface area (Å²) in [6, 6.07) is 3.35. The SMILES string of the molecule is C[C@]12C=CC(=O)C=C1[C@@H](F)C[C@H]1[C@@H]3C[C@H]4OC(c5ccco5)O[C@@]4(C(=O)SCC#CCO)[C@@]3(C)C[C@H](O)[C@@]12F. The summed E-state index contributed by atoms with van der Waals surface area (Å²) in [5.41, 5.74) is -6.44. The van der Waals surface area contributed by atoms with Gasteiger partial charge in [-0.25, -0.2) is 8.78 Å². The Labute approximate surface area is 229 Å². The second kappa shape index (κ2) is 9.11. The van der Waals surface area contributed by atoms with Crippen LogP contribution >= 0.6 is 11.8 Å². The number of carbonyl (C=O) groups is 2. The first-order valence-corrected chi connectivity index (χ1v) is 14.1. The third-order valence-corrected chi connectivity index (χ3v) is 10.8. The fourth-order valence-electron chi connectivity index (χ4n) is 8.17. The number of aliphatic hydroxyl groups excluding tert-OH is 2. The molecule has 6 rings (SSSR count). The van der Waals surface area contributed by atoms with Gasteiger partial charge in [0.05, 0.1) is 24.2 Å². The Kier molecular flexibility index (Phi) is 6.29. The van der Waals surface area contributed by atoms with Gasteiger partial charge in [0.2, 0.25) is 11.4 Å². The first-order valence-electron chi connectivity index (χ1n) is 13.1. The van der Waals surface area contributed by atoms with Gasteiger partial charge in [0.15, 0.2) is 22.8 Å². The molecule has 0 aromatic carbocycles. The number of ether oxygens (including phenoxy) is 2. The molecule has 208 valence electrons. The molecule has 39 heavy (non-hydrogen) atoms. The van der Waals surface area contributed by atoms with Crippen LogP contribution in [0.1, 0.15) is 45.2 Å². The van der Waals surface area contributed by atoms with Crippen molar-refractivity contribution in [3.63, 3.8) is 0 Å². The van der Waals surface area contributed by atoms with E-state index in [2.05, 4.69) is 11.8 Å². The standard InChI is InChI=1S/C29H30F2O7S/c1-26-8-7-16(33)12-19(26)20(30)13-18-17-14-23-29(25(35)39-11-4-3-9-32,27(17,2)15-22(34)28(18,26)31)38-24(37-23)21-6-5-10-36-21/h5-8,10,12,17-18,20,22-24,32,34H,9,11,13-15H2,1-2H3/t17-,18-,20-,22-,23+,24?,26-,27-,28-,29-/m0/s1. The van der Waals surface area contributed by atoms with Crippen molar-refractivity contribution in [1.29, 1.82) is 0 Å². The largest absolute Gasteiger partial charge is 0.464 e. The topological polar surface area (TPSA) is 106 Å². The second-order valence-corrected chi connectivity index (χ2v) is 12.5. The van der Waals surface area contributed by atoms with Crippen molar-refractivity contribution in [2.45, 2.75) is 69.0 Å². The third kappa shape index (κ3) is 3.43. The monoisotopic (exact) mass is 560 g/mol. The Bertz CT molecular complexity index is 1320. The van der Waals surface area contributed by atoms with Gasteiger partial charge in [-0.1, -0.05) is 36.6 Å². The molecular weight excluding hydrogens is 530 g/mol. The Balaban J connectivity index is 1.43. The van der Waals surface area contributed by atoms with Gasteiger partial charge < -0.3 is 24.1 Å². The number of allylic oxidation sites excluding steroid dienone is 4. The van der Waals surface area contributed by atoms with Crippen molar-refractivity contribution in [2.75, 3.05) is 12.4 Å². The van der Waals surface area contributed by atoms with Gasteiger partial charge in [-0.2, -0.15) is 0 Å². The van der Waals surface area contributed by atoms with Gasteiger partial charge in [0.1, 0.15) is 12.8 Å². The van der Waals surface area contributed by atoms with Gasteiger partial charge in [-0.15, -0.1) is 0 Å². The van der Waals surface area contributed by atoms with Crippen LogP contribution in [0, 0.1) is 34.5 Å². The molecule has 1 aliphatic heterocycles. The van der Waals surface area contributed by atoms with Crippen LogP contribution in [0.15, 0.2) is 46.6 Å². The maximum absolute atomic E-state index is 17.5. The summed E-state index contributed by atoms with van der Waals surface area (Å²) < 4.78 is 51.4. The molecule has 2 N–H and O–H groups in total. The molecule has 3 saturated carbocycles. The molecule has 1 aromatic heterocycles. The van der Waals surface area contributed by atoms with Crippen LogP contribution in [0.5, 0.6) is 0 Å². The lowest BCUT2D eigenvalue weighted by Crippen LogP contribution is -2.70. The zero-order valence-electron chi connectivity index (χ0n) is 21.6. The molecule has 4 aliphatic carbocycles. The van der Waals surface area contributed by atoms with Crippen LogP contribution in [0.25, 0.3) is 0 Å². The summed E-state index contributed by atoms with van der Waals surface area (Å²) in [4.78, 5) is 26.1. The quantitative estimate of drug-likeness (QED) is 0.541. The van der Waals surface area contributed by atoms with E-state index in [1.165, 1.54) is 18.4 Å². The lowest BCUT2D eigenvalue weighted by Gasteiger charge is -2.63. The number of ketones is 1. The molecule has 2 heterocycles. The van der Waals surface area contributed by atoms with E-state index in [-0.39, 0.29) is 42.3 Å². The highest BCUT2D eigenvalue weighted by Crippen LogP contribution is 2.73. The molecule has 0 radical (unpaired) electrons. The van der Waals surface area contributed by atoms with Gasteiger partial charge in [-0.05, 0) is 62.0 Å².